The number of ether oxygens (including phenoxy) is 1. The molecular formula is C12H18INO. The first kappa shape index (κ1) is 12.6. The summed E-state index contributed by atoms with van der Waals surface area (Å²) in [6.45, 7) is 6.51. The van der Waals surface area contributed by atoms with Crippen LogP contribution in [0.1, 0.15) is 27.2 Å². The van der Waals surface area contributed by atoms with Gasteiger partial charge in [0, 0.05) is 5.69 Å². The molecular weight excluding hydrogens is 301 g/mol. The van der Waals surface area contributed by atoms with Crippen molar-refractivity contribution in [1.82, 2.24) is 0 Å². The Labute approximate surface area is 105 Å². The molecule has 1 unspecified atom stereocenters. The molecule has 15 heavy (non-hydrogen) atoms. The minimum absolute atomic E-state index is 0.252. The van der Waals surface area contributed by atoms with E-state index in [-0.39, 0.29) is 6.10 Å². The van der Waals surface area contributed by atoms with E-state index in [9.17, 15) is 0 Å². The molecule has 0 amide bonds. The number of anilines is 1. The van der Waals surface area contributed by atoms with Crippen molar-refractivity contribution in [2.45, 2.75) is 33.3 Å². The molecule has 0 fully saturated rings. The number of hydrogen-bond donors (Lipinski definition) is 1. The Kier molecular flexibility index (Phi) is 4.70. The number of nitrogen functional groups attached to an aromatic ring is 1. The van der Waals surface area contributed by atoms with Gasteiger partial charge in [0.25, 0.3) is 0 Å². The monoisotopic (exact) mass is 319 g/mol. The molecule has 3 heteroatoms. The number of nitrogens with two attached hydrogens (primary N) is 1. The minimum atomic E-state index is 0.252. The maximum absolute atomic E-state index is 5.85. The van der Waals surface area contributed by atoms with Crippen molar-refractivity contribution in [3.05, 3.63) is 21.8 Å². The van der Waals surface area contributed by atoms with Crippen LogP contribution in [0.3, 0.4) is 0 Å². The van der Waals surface area contributed by atoms with Gasteiger partial charge in [-0.05, 0) is 60.1 Å². The third-order valence-electron chi connectivity index (χ3n) is 2.09. The van der Waals surface area contributed by atoms with Crippen molar-refractivity contribution in [1.29, 1.82) is 0 Å². The average molecular weight is 319 g/mol. The predicted molar refractivity (Wildman–Crippen MR) is 73.1 cm³/mol. The molecule has 0 aromatic heterocycles. The highest BCUT2D eigenvalue weighted by molar-refractivity contribution is 14.1. The molecule has 0 heterocycles. The molecule has 0 saturated carbocycles. The second-order valence-electron chi connectivity index (χ2n) is 4.25. The second-order valence-corrected chi connectivity index (χ2v) is 5.41. The van der Waals surface area contributed by atoms with Gasteiger partial charge >= 0.3 is 0 Å². The summed E-state index contributed by atoms with van der Waals surface area (Å²) in [7, 11) is 0. The molecule has 0 aliphatic heterocycles. The lowest BCUT2D eigenvalue weighted by Crippen LogP contribution is -2.15. The summed E-state index contributed by atoms with van der Waals surface area (Å²) in [6, 6.07) is 5.74. The number of rotatable bonds is 4. The van der Waals surface area contributed by atoms with Gasteiger partial charge in [-0.3, -0.25) is 0 Å². The Morgan fingerprint density at radius 3 is 2.53 bits per heavy atom. The molecule has 2 N–H and O–H groups in total. The normalized spacial score (nSPS) is 12.9. The van der Waals surface area contributed by atoms with Crippen LogP contribution >= 0.6 is 22.6 Å². The van der Waals surface area contributed by atoms with Gasteiger partial charge in [-0.2, -0.15) is 0 Å². The smallest absolute Gasteiger partial charge is 0.133 e. The molecule has 2 nitrogen and oxygen atoms in total. The van der Waals surface area contributed by atoms with E-state index in [0.717, 1.165) is 21.4 Å². The standard InChI is InChI=1S/C12H18INO/c1-8(2)6-9(3)15-12-5-4-10(14)7-11(12)13/h4-5,7-9H,6,14H2,1-3H3. The Morgan fingerprint density at radius 1 is 1.33 bits per heavy atom. The first-order valence-electron chi connectivity index (χ1n) is 5.20. The molecule has 0 aliphatic carbocycles. The van der Waals surface area contributed by atoms with Crippen molar-refractivity contribution in [3.8, 4) is 5.75 Å². The van der Waals surface area contributed by atoms with E-state index in [1.54, 1.807) is 0 Å². The van der Waals surface area contributed by atoms with Crippen LogP contribution in [0.15, 0.2) is 18.2 Å². The van der Waals surface area contributed by atoms with Gasteiger partial charge in [-0.25, -0.2) is 0 Å². The van der Waals surface area contributed by atoms with Gasteiger partial charge in [0.1, 0.15) is 5.75 Å². The molecule has 0 spiro atoms. The first-order chi connectivity index (χ1) is 6.99. The lowest BCUT2D eigenvalue weighted by Gasteiger charge is -2.17. The summed E-state index contributed by atoms with van der Waals surface area (Å²) in [4.78, 5) is 0. The largest absolute Gasteiger partial charge is 0.490 e. The summed E-state index contributed by atoms with van der Waals surface area (Å²) in [6.07, 6.45) is 1.32. The van der Waals surface area contributed by atoms with Crippen LogP contribution in [0.2, 0.25) is 0 Å². The van der Waals surface area contributed by atoms with E-state index in [4.69, 9.17) is 10.5 Å². The summed E-state index contributed by atoms with van der Waals surface area (Å²) < 4.78 is 6.92. The van der Waals surface area contributed by atoms with Crippen molar-refractivity contribution in [2.75, 3.05) is 5.73 Å². The second kappa shape index (κ2) is 5.58. The average Bonchev–Trinajstić information content (AvgIpc) is 2.08. The minimum Gasteiger partial charge on any atom is -0.490 e. The zero-order valence-corrected chi connectivity index (χ0v) is 11.6. The van der Waals surface area contributed by atoms with Crippen molar-refractivity contribution in [2.24, 2.45) is 5.92 Å². The SMILES string of the molecule is CC(C)CC(C)Oc1ccc(N)cc1I. The lowest BCUT2D eigenvalue weighted by molar-refractivity contribution is 0.192. The highest BCUT2D eigenvalue weighted by Gasteiger charge is 2.08. The van der Waals surface area contributed by atoms with Gasteiger partial charge in [0.2, 0.25) is 0 Å². The number of hydrogen-bond acceptors (Lipinski definition) is 2. The van der Waals surface area contributed by atoms with E-state index >= 15 is 0 Å². The van der Waals surface area contributed by atoms with Crippen LogP contribution in [0.4, 0.5) is 5.69 Å². The Balaban J connectivity index is 2.64. The van der Waals surface area contributed by atoms with Crippen LogP contribution in [-0.4, -0.2) is 6.10 Å². The fourth-order valence-electron chi connectivity index (χ4n) is 1.54. The fraction of sp³-hybridized carbons (Fsp3) is 0.500. The summed E-state index contributed by atoms with van der Waals surface area (Å²) in [5.74, 6) is 1.59. The molecule has 1 aromatic rings. The van der Waals surface area contributed by atoms with E-state index in [1.807, 2.05) is 18.2 Å². The zero-order valence-electron chi connectivity index (χ0n) is 9.46. The molecule has 1 aromatic carbocycles. The van der Waals surface area contributed by atoms with Crippen molar-refractivity contribution < 1.29 is 4.74 Å². The van der Waals surface area contributed by atoms with Gasteiger partial charge in [0.05, 0.1) is 9.67 Å². The Hall–Kier alpha value is -0.450. The maximum atomic E-state index is 5.85. The first-order valence-corrected chi connectivity index (χ1v) is 6.28. The topological polar surface area (TPSA) is 35.2 Å². The summed E-state index contributed by atoms with van der Waals surface area (Å²) >= 11 is 2.25. The van der Waals surface area contributed by atoms with E-state index in [0.29, 0.717) is 5.92 Å². The quantitative estimate of drug-likeness (QED) is 0.679. The highest BCUT2D eigenvalue weighted by atomic mass is 127. The van der Waals surface area contributed by atoms with Gasteiger partial charge in [-0.15, -0.1) is 0 Å². The van der Waals surface area contributed by atoms with Gasteiger partial charge in [-0.1, -0.05) is 13.8 Å². The molecule has 0 saturated heterocycles. The van der Waals surface area contributed by atoms with Crippen LogP contribution in [-0.2, 0) is 0 Å². The lowest BCUT2D eigenvalue weighted by atomic mass is 10.1. The highest BCUT2D eigenvalue weighted by Crippen LogP contribution is 2.25. The van der Waals surface area contributed by atoms with E-state index < -0.39 is 0 Å². The Morgan fingerprint density at radius 2 is 2.00 bits per heavy atom. The molecule has 0 aliphatic rings. The molecule has 84 valence electrons. The predicted octanol–water partition coefficient (Wildman–Crippen LogP) is 3.69. The third-order valence-corrected chi connectivity index (χ3v) is 2.93. The Bertz CT molecular complexity index is 325. The number of halogens is 1. The summed E-state index contributed by atoms with van der Waals surface area (Å²) in [5.41, 5.74) is 6.46. The molecule has 0 bridgehead atoms. The maximum Gasteiger partial charge on any atom is 0.133 e. The molecule has 0 radical (unpaired) electrons. The van der Waals surface area contributed by atoms with Crippen LogP contribution < -0.4 is 10.5 Å². The molecule has 1 atom stereocenters. The number of benzene rings is 1. The van der Waals surface area contributed by atoms with Gasteiger partial charge in [0.15, 0.2) is 0 Å². The zero-order chi connectivity index (χ0) is 11.4. The van der Waals surface area contributed by atoms with E-state index in [2.05, 4.69) is 43.4 Å². The summed E-state index contributed by atoms with van der Waals surface area (Å²) in [5, 5.41) is 0. The van der Waals surface area contributed by atoms with Crippen LogP contribution in [0.5, 0.6) is 5.75 Å². The fourth-order valence-corrected chi connectivity index (χ4v) is 2.21. The van der Waals surface area contributed by atoms with E-state index in [1.165, 1.54) is 0 Å². The third kappa shape index (κ3) is 4.28. The molecule has 1 rings (SSSR count). The van der Waals surface area contributed by atoms with Crippen LogP contribution in [0.25, 0.3) is 0 Å². The van der Waals surface area contributed by atoms with Crippen molar-refractivity contribution in [3.63, 3.8) is 0 Å². The van der Waals surface area contributed by atoms with Gasteiger partial charge < -0.3 is 10.5 Å². The van der Waals surface area contributed by atoms with Crippen molar-refractivity contribution >= 4 is 28.3 Å². The van der Waals surface area contributed by atoms with Crippen LogP contribution in [0, 0.1) is 9.49 Å².